The van der Waals surface area contributed by atoms with Crippen LogP contribution in [0.15, 0.2) is 47.6 Å². The molecule has 0 saturated carbocycles. The van der Waals surface area contributed by atoms with E-state index in [0.29, 0.717) is 17.2 Å². The number of methoxy groups -OCH3 is 3. The first-order valence-corrected chi connectivity index (χ1v) is 8.65. The van der Waals surface area contributed by atoms with Gasteiger partial charge in [-0.25, -0.2) is 0 Å². The standard InChI is InChI=1S/C21H21N3O3/c1-12-19(13-10-17(25-2)21(27-4)18(11-13)26-3)24-20-14-6-5-9-22-15(14)7-8-16(20)23-12/h5-11,19,24H,1-4H3. The maximum atomic E-state index is 5.50. The van der Waals surface area contributed by atoms with E-state index in [0.717, 1.165) is 33.6 Å². The van der Waals surface area contributed by atoms with Crippen molar-refractivity contribution in [3.63, 3.8) is 0 Å². The summed E-state index contributed by atoms with van der Waals surface area (Å²) in [5.74, 6) is 1.81. The van der Waals surface area contributed by atoms with Gasteiger partial charge < -0.3 is 19.5 Å². The summed E-state index contributed by atoms with van der Waals surface area (Å²) in [5.41, 5.74) is 4.76. The van der Waals surface area contributed by atoms with E-state index in [4.69, 9.17) is 19.2 Å². The minimum absolute atomic E-state index is 0.114. The Hall–Kier alpha value is -3.28. The van der Waals surface area contributed by atoms with E-state index in [9.17, 15) is 0 Å². The van der Waals surface area contributed by atoms with Crippen molar-refractivity contribution in [3.05, 3.63) is 48.2 Å². The predicted octanol–water partition coefficient (Wildman–Crippen LogP) is 4.52. The van der Waals surface area contributed by atoms with Gasteiger partial charge in [0.05, 0.1) is 44.3 Å². The van der Waals surface area contributed by atoms with Crippen molar-refractivity contribution in [3.8, 4) is 17.2 Å². The highest BCUT2D eigenvalue weighted by molar-refractivity contribution is 6.05. The molecule has 27 heavy (non-hydrogen) atoms. The minimum Gasteiger partial charge on any atom is -0.493 e. The number of fused-ring (bicyclic) bond motifs is 3. The quantitative estimate of drug-likeness (QED) is 0.738. The van der Waals surface area contributed by atoms with Crippen molar-refractivity contribution in [1.29, 1.82) is 0 Å². The van der Waals surface area contributed by atoms with Gasteiger partial charge in [0.25, 0.3) is 0 Å². The summed E-state index contributed by atoms with van der Waals surface area (Å²) >= 11 is 0. The number of aromatic nitrogens is 1. The molecule has 138 valence electrons. The van der Waals surface area contributed by atoms with Crippen LogP contribution in [-0.2, 0) is 0 Å². The van der Waals surface area contributed by atoms with Crippen LogP contribution in [0.2, 0.25) is 0 Å². The Balaban J connectivity index is 1.84. The Morgan fingerprint density at radius 1 is 0.963 bits per heavy atom. The average Bonchev–Trinajstić information content (AvgIpc) is 2.71. The van der Waals surface area contributed by atoms with Crippen LogP contribution in [0.4, 0.5) is 11.4 Å². The molecule has 0 radical (unpaired) electrons. The molecular formula is C21H21N3O3. The Kier molecular flexibility index (Phi) is 4.32. The minimum atomic E-state index is -0.114. The predicted molar refractivity (Wildman–Crippen MR) is 107 cm³/mol. The summed E-state index contributed by atoms with van der Waals surface area (Å²) in [6.45, 7) is 2.01. The normalized spacial score (nSPS) is 15.6. The first kappa shape index (κ1) is 17.1. The number of aliphatic imine (C=N–C) groups is 1. The summed E-state index contributed by atoms with van der Waals surface area (Å²) in [6, 6.07) is 11.8. The van der Waals surface area contributed by atoms with Crippen molar-refractivity contribution in [2.24, 2.45) is 4.99 Å². The highest BCUT2D eigenvalue weighted by Gasteiger charge is 2.25. The highest BCUT2D eigenvalue weighted by Crippen LogP contribution is 2.44. The molecular weight excluding hydrogens is 342 g/mol. The van der Waals surface area contributed by atoms with Gasteiger partial charge in [0, 0.05) is 17.3 Å². The number of hydrogen-bond acceptors (Lipinski definition) is 6. The zero-order valence-electron chi connectivity index (χ0n) is 15.7. The number of hydrogen-bond donors (Lipinski definition) is 1. The third-order valence-electron chi connectivity index (χ3n) is 4.79. The summed E-state index contributed by atoms with van der Waals surface area (Å²) in [4.78, 5) is 9.26. The third-order valence-corrected chi connectivity index (χ3v) is 4.79. The molecule has 0 amide bonds. The second kappa shape index (κ2) is 6.79. The molecule has 6 nitrogen and oxygen atoms in total. The summed E-state index contributed by atoms with van der Waals surface area (Å²) < 4.78 is 16.4. The van der Waals surface area contributed by atoms with Gasteiger partial charge >= 0.3 is 0 Å². The fourth-order valence-electron chi connectivity index (χ4n) is 3.48. The number of rotatable bonds is 4. The van der Waals surface area contributed by atoms with Gasteiger partial charge in [0.1, 0.15) is 0 Å². The van der Waals surface area contributed by atoms with E-state index in [-0.39, 0.29) is 6.04 Å². The van der Waals surface area contributed by atoms with Gasteiger partial charge in [0.15, 0.2) is 11.5 Å². The van der Waals surface area contributed by atoms with E-state index >= 15 is 0 Å². The first-order valence-electron chi connectivity index (χ1n) is 8.65. The SMILES string of the molecule is COc1cc(C2Nc3c(ccc4ncccc34)N=C2C)cc(OC)c1OC. The first-order chi connectivity index (χ1) is 13.2. The third kappa shape index (κ3) is 2.83. The second-order valence-electron chi connectivity index (χ2n) is 6.32. The number of anilines is 1. The van der Waals surface area contributed by atoms with E-state index in [2.05, 4.69) is 16.4 Å². The Labute approximate surface area is 157 Å². The van der Waals surface area contributed by atoms with Gasteiger partial charge in [-0.05, 0) is 48.9 Å². The Bertz CT molecular complexity index is 1020. The summed E-state index contributed by atoms with van der Waals surface area (Å²) in [6.07, 6.45) is 1.79. The topological polar surface area (TPSA) is 65.0 Å². The van der Waals surface area contributed by atoms with E-state index in [1.165, 1.54) is 0 Å². The number of pyridine rings is 1. The average molecular weight is 363 g/mol. The molecule has 2 heterocycles. The number of benzene rings is 2. The lowest BCUT2D eigenvalue weighted by Crippen LogP contribution is -2.22. The molecule has 1 atom stereocenters. The molecule has 0 spiro atoms. The van der Waals surface area contributed by atoms with Gasteiger partial charge in [0.2, 0.25) is 5.75 Å². The molecule has 0 fully saturated rings. The van der Waals surface area contributed by atoms with Crippen molar-refractivity contribution in [2.45, 2.75) is 13.0 Å². The van der Waals surface area contributed by atoms with Gasteiger partial charge in [-0.3, -0.25) is 9.98 Å². The van der Waals surface area contributed by atoms with Crippen molar-refractivity contribution in [1.82, 2.24) is 4.98 Å². The zero-order chi connectivity index (χ0) is 19.0. The van der Waals surface area contributed by atoms with Crippen LogP contribution in [0.3, 0.4) is 0 Å². The van der Waals surface area contributed by atoms with Crippen LogP contribution in [0.25, 0.3) is 10.9 Å². The molecule has 0 saturated heterocycles. The number of nitrogens with zero attached hydrogens (tertiary/aromatic N) is 2. The van der Waals surface area contributed by atoms with Gasteiger partial charge in [-0.2, -0.15) is 0 Å². The molecule has 1 unspecified atom stereocenters. The maximum absolute atomic E-state index is 5.50. The van der Waals surface area contributed by atoms with Gasteiger partial charge in [-0.1, -0.05) is 0 Å². The summed E-state index contributed by atoms with van der Waals surface area (Å²) in [5, 5.41) is 4.67. The molecule has 4 rings (SSSR count). The van der Waals surface area contributed by atoms with Crippen LogP contribution < -0.4 is 19.5 Å². The van der Waals surface area contributed by atoms with Crippen molar-refractivity contribution in [2.75, 3.05) is 26.6 Å². The smallest absolute Gasteiger partial charge is 0.203 e. The Morgan fingerprint density at radius 3 is 2.37 bits per heavy atom. The number of nitrogens with one attached hydrogen (secondary N) is 1. The van der Waals surface area contributed by atoms with Crippen molar-refractivity contribution >= 4 is 28.0 Å². The highest BCUT2D eigenvalue weighted by atomic mass is 16.5. The molecule has 1 aromatic heterocycles. The maximum Gasteiger partial charge on any atom is 0.203 e. The lowest BCUT2D eigenvalue weighted by atomic mass is 9.98. The largest absolute Gasteiger partial charge is 0.493 e. The fourth-order valence-corrected chi connectivity index (χ4v) is 3.48. The fraction of sp³-hybridized carbons (Fsp3) is 0.238. The molecule has 2 aromatic carbocycles. The molecule has 0 aliphatic carbocycles. The Morgan fingerprint density at radius 2 is 1.70 bits per heavy atom. The number of ether oxygens (including phenoxy) is 3. The molecule has 3 aromatic rings. The van der Waals surface area contributed by atoms with Crippen molar-refractivity contribution < 1.29 is 14.2 Å². The van der Waals surface area contributed by atoms with Gasteiger partial charge in [-0.15, -0.1) is 0 Å². The summed E-state index contributed by atoms with van der Waals surface area (Å²) in [7, 11) is 4.83. The van der Waals surface area contributed by atoms with E-state index in [1.807, 2.05) is 37.3 Å². The molecule has 1 N–H and O–H groups in total. The van der Waals surface area contributed by atoms with Crippen LogP contribution in [0, 0.1) is 0 Å². The van der Waals surface area contributed by atoms with E-state index < -0.39 is 0 Å². The zero-order valence-corrected chi connectivity index (χ0v) is 15.7. The molecule has 1 aliphatic rings. The molecule has 6 heteroatoms. The second-order valence-corrected chi connectivity index (χ2v) is 6.32. The van der Waals surface area contributed by atoms with Crippen LogP contribution in [0.1, 0.15) is 18.5 Å². The van der Waals surface area contributed by atoms with E-state index in [1.54, 1.807) is 27.5 Å². The monoisotopic (exact) mass is 363 g/mol. The lowest BCUT2D eigenvalue weighted by molar-refractivity contribution is 0.324. The molecule has 1 aliphatic heterocycles. The lowest BCUT2D eigenvalue weighted by Gasteiger charge is -2.28. The van der Waals surface area contributed by atoms with Crippen LogP contribution >= 0.6 is 0 Å². The van der Waals surface area contributed by atoms with Crippen LogP contribution in [0.5, 0.6) is 17.2 Å². The van der Waals surface area contributed by atoms with Crippen LogP contribution in [-0.4, -0.2) is 32.0 Å². The molecule has 0 bridgehead atoms.